The summed E-state index contributed by atoms with van der Waals surface area (Å²) in [4.78, 5) is 2.58. The predicted octanol–water partition coefficient (Wildman–Crippen LogP) is 3.63. The molecule has 0 aromatic heterocycles. The molecule has 4 heteroatoms. The number of nitrogens with one attached hydrogen (secondary N) is 1. The van der Waals surface area contributed by atoms with Crippen molar-refractivity contribution in [3.05, 3.63) is 35.6 Å². The van der Waals surface area contributed by atoms with Crippen molar-refractivity contribution >= 4 is 12.4 Å². The van der Waals surface area contributed by atoms with E-state index in [1.165, 1.54) is 18.9 Å². The van der Waals surface area contributed by atoms with E-state index in [1.54, 1.807) is 6.07 Å². The van der Waals surface area contributed by atoms with E-state index in [4.69, 9.17) is 0 Å². The Labute approximate surface area is 133 Å². The summed E-state index contributed by atoms with van der Waals surface area (Å²) < 4.78 is 13.5. The number of rotatable bonds is 3. The maximum absolute atomic E-state index is 13.5. The van der Waals surface area contributed by atoms with Crippen molar-refractivity contribution in [3.63, 3.8) is 0 Å². The first-order chi connectivity index (χ1) is 9.57. The van der Waals surface area contributed by atoms with Gasteiger partial charge < -0.3 is 5.32 Å². The number of hydrogen-bond donors (Lipinski definition) is 1. The first kappa shape index (κ1) is 16.7. The zero-order valence-corrected chi connectivity index (χ0v) is 13.8. The lowest BCUT2D eigenvalue weighted by atomic mass is 9.88. The van der Waals surface area contributed by atoms with E-state index >= 15 is 0 Å². The summed E-state index contributed by atoms with van der Waals surface area (Å²) in [5.41, 5.74) is 1.51. The van der Waals surface area contributed by atoms with Crippen LogP contribution in [0.25, 0.3) is 0 Å². The van der Waals surface area contributed by atoms with Gasteiger partial charge in [0, 0.05) is 19.1 Å². The Hall–Kier alpha value is -0.640. The topological polar surface area (TPSA) is 15.3 Å². The van der Waals surface area contributed by atoms with Crippen LogP contribution in [0.4, 0.5) is 4.39 Å². The van der Waals surface area contributed by atoms with Crippen LogP contribution >= 0.6 is 12.4 Å². The molecule has 3 atom stereocenters. The van der Waals surface area contributed by atoms with Gasteiger partial charge >= 0.3 is 0 Å². The molecule has 2 nitrogen and oxygen atoms in total. The minimum Gasteiger partial charge on any atom is -0.316 e. The molecule has 118 valence electrons. The summed E-state index contributed by atoms with van der Waals surface area (Å²) in [7, 11) is 0. The minimum atomic E-state index is -0.115. The maximum Gasteiger partial charge on any atom is 0.123 e. The maximum atomic E-state index is 13.5. The third-order valence-electron chi connectivity index (χ3n) is 5.04. The molecular weight excluding hydrogens is 287 g/mol. The van der Waals surface area contributed by atoms with Crippen LogP contribution in [0.15, 0.2) is 24.3 Å². The highest BCUT2D eigenvalue weighted by Gasteiger charge is 2.38. The molecule has 2 aliphatic heterocycles. The van der Waals surface area contributed by atoms with Crippen LogP contribution in [0.5, 0.6) is 0 Å². The van der Waals surface area contributed by atoms with Gasteiger partial charge in [-0.15, -0.1) is 12.4 Å². The second-order valence-corrected chi connectivity index (χ2v) is 6.97. The molecule has 2 heterocycles. The van der Waals surface area contributed by atoms with Gasteiger partial charge in [0.1, 0.15) is 5.82 Å². The standard InChI is InChI=1S/C17H25FN2.ClH/c1-13-6-9-20(12-17(2)7-8-19-11-17)16(13)14-4-3-5-15(18)10-14;/h3-5,10,13,16,19H,6-9,11-12H2,1-2H3;1H. The molecule has 0 amide bonds. The molecule has 3 rings (SSSR count). The van der Waals surface area contributed by atoms with Crippen molar-refractivity contribution in [1.82, 2.24) is 10.2 Å². The Morgan fingerprint density at radius 1 is 1.43 bits per heavy atom. The van der Waals surface area contributed by atoms with Gasteiger partial charge in [-0.1, -0.05) is 26.0 Å². The molecule has 1 N–H and O–H groups in total. The summed E-state index contributed by atoms with van der Waals surface area (Å²) in [6.07, 6.45) is 2.46. The highest BCUT2D eigenvalue weighted by molar-refractivity contribution is 5.85. The van der Waals surface area contributed by atoms with Crippen molar-refractivity contribution in [1.29, 1.82) is 0 Å². The zero-order chi connectivity index (χ0) is 14.2. The zero-order valence-electron chi connectivity index (χ0n) is 12.9. The molecule has 0 bridgehead atoms. The van der Waals surface area contributed by atoms with Gasteiger partial charge in [0.2, 0.25) is 0 Å². The Morgan fingerprint density at radius 2 is 2.24 bits per heavy atom. The number of halogens is 2. The van der Waals surface area contributed by atoms with Gasteiger partial charge in [-0.3, -0.25) is 4.90 Å². The minimum absolute atomic E-state index is 0. The van der Waals surface area contributed by atoms with E-state index < -0.39 is 0 Å². The lowest BCUT2D eigenvalue weighted by molar-refractivity contribution is 0.153. The predicted molar refractivity (Wildman–Crippen MR) is 87.3 cm³/mol. The molecule has 0 radical (unpaired) electrons. The van der Waals surface area contributed by atoms with Crippen LogP contribution in [0.3, 0.4) is 0 Å². The van der Waals surface area contributed by atoms with E-state index in [0.29, 0.717) is 17.4 Å². The van der Waals surface area contributed by atoms with E-state index in [2.05, 4.69) is 30.1 Å². The van der Waals surface area contributed by atoms with Gasteiger partial charge in [-0.25, -0.2) is 4.39 Å². The summed E-state index contributed by atoms with van der Waals surface area (Å²) in [6.45, 7) is 9.16. The summed E-state index contributed by atoms with van der Waals surface area (Å²) >= 11 is 0. The molecule has 0 saturated carbocycles. The largest absolute Gasteiger partial charge is 0.316 e. The van der Waals surface area contributed by atoms with Crippen LogP contribution in [0, 0.1) is 17.2 Å². The summed E-state index contributed by atoms with van der Waals surface area (Å²) in [5, 5.41) is 3.48. The Bertz CT molecular complexity index is 474. The third-order valence-corrected chi connectivity index (χ3v) is 5.04. The molecule has 2 aliphatic rings. The number of likely N-dealkylation sites (tertiary alicyclic amines) is 1. The monoisotopic (exact) mass is 312 g/mol. The average Bonchev–Trinajstić information content (AvgIpc) is 2.97. The molecule has 1 aromatic carbocycles. The summed E-state index contributed by atoms with van der Waals surface area (Å²) in [6, 6.07) is 7.55. The molecule has 0 aliphatic carbocycles. The highest BCUT2D eigenvalue weighted by atomic mass is 35.5. The molecular formula is C17H26ClFN2. The van der Waals surface area contributed by atoms with Crippen LogP contribution in [0.1, 0.15) is 38.3 Å². The van der Waals surface area contributed by atoms with E-state index in [1.807, 2.05) is 6.07 Å². The molecule has 2 fully saturated rings. The van der Waals surface area contributed by atoms with Gasteiger partial charge in [0.15, 0.2) is 0 Å². The molecule has 2 saturated heterocycles. The molecule has 0 spiro atoms. The van der Waals surface area contributed by atoms with Crippen molar-refractivity contribution in [2.45, 2.75) is 32.7 Å². The van der Waals surface area contributed by atoms with Gasteiger partial charge in [0.05, 0.1) is 0 Å². The molecule has 21 heavy (non-hydrogen) atoms. The lowest BCUT2D eigenvalue weighted by Crippen LogP contribution is -2.37. The second-order valence-electron chi connectivity index (χ2n) is 6.97. The fourth-order valence-electron chi connectivity index (χ4n) is 3.93. The molecule has 1 aromatic rings. The number of benzene rings is 1. The van der Waals surface area contributed by atoms with Crippen LogP contribution in [-0.4, -0.2) is 31.1 Å². The summed E-state index contributed by atoms with van der Waals surface area (Å²) in [5.74, 6) is 0.491. The Balaban J connectivity index is 0.00000161. The lowest BCUT2D eigenvalue weighted by Gasteiger charge is -2.34. The van der Waals surface area contributed by atoms with Crippen molar-refractivity contribution in [2.75, 3.05) is 26.2 Å². The smallest absolute Gasteiger partial charge is 0.123 e. The van der Waals surface area contributed by atoms with E-state index in [0.717, 1.165) is 31.7 Å². The first-order valence-corrected chi connectivity index (χ1v) is 7.78. The Morgan fingerprint density at radius 3 is 2.90 bits per heavy atom. The van der Waals surface area contributed by atoms with E-state index in [-0.39, 0.29) is 18.2 Å². The SMILES string of the molecule is CC1CCN(CC2(C)CCNC2)C1c1cccc(F)c1.Cl. The normalized spacial score (nSPS) is 33.1. The van der Waals surface area contributed by atoms with Crippen molar-refractivity contribution in [2.24, 2.45) is 11.3 Å². The van der Waals surface area contributed by atoms with Gasteiger partial charge in [-0.2, -0.15) is 0 Å². The number of nitrogens with zero attached hydrogens (tertiary/aromatic N) is 1. The fourth-order valence-corrected chi connectivity index (χ4v) is 3.93. The second kappa shape index (κ2) is 6.64. The van der Waals surface area contributed by atoms with Crippen molar-refractivity contribution < 1.29 is 4.39 Å². The quantitative estimate of drug-likeness (QED) is 0.917. The van der Waals surface area contributed by atoms with Gasteiger partial charge in [-0.05, 0) is 55.0 Å². The average molecular weight is 313 g/mol. The van der Waals surface area contributed by atoms with Crippen LogP contribution < -0.4 is 5.32 Å². The number of hydrogen-bond acceptors (Lipinski definition) is 2. The third kappa shape index (κ3) is 3.58. The first-order valence-electron chi connectivity index (χ1n) is 7.78. The fraction of sp³-hybridized carbons (Fsp3) is 0.647. The Kier molecular flexibility index (Phi) is 5.29. The highest BCUT2D eigenvalue weighted by Crippen LogP contribution is 2.40. The van der Waals surface area contributed by atoms with E-state index in [9.17, 15) is 4.39 Å². The van der Waals surface area contributed by atoms with Crippen LogP contribution in [-0.2, 0) is 0 Å². The van der Waals surface area contributed by atoms with Gasteiger partial charge in [0.25, 0.3) is 0 Å². The van der Waals surface area contributed by atoms with Crippen LogP contribution in [0.2, 0.25) is 0 Å². The van der Waals surface area contributed by atoms with Crippen molar-refractivity contribution in [3.8, 4) is 0 Å². The molecule has 3 unspecified atom stereocenters.